The van der Waals surface area contributed by atoms with Gasteiger partial charge in [-0.2, -0.15) is 0 Å². The topological polar surface area (TPSA) is 6.48 Å². The maximum absolute atomic E-state index is 12.7. The minimum absolute atomic E-state index is 0.391. The molecule has 1 saturated heterocycles. The van der Waals surface area contributed by atoms with Crippen molar-refractivity contribution >= 4 is 0 Å². The van der Waals surface area contributed by atoms with Crippen molar-refractivity contribution in [1.29, 1.82) is 0 Å². The van der Waals surface area contributed by atoms with E-state index in [2.05, 4.69) is 0 Å². The molecule has 0 spiro atoms. The smallest absolute Gasteiger partial charge is 0.282 e. The van der Waals surface area contributed by atoms with Crippen molar-refractivity contribution in [1.82, 2.24) is 9.80 Å². The molecule has 72 valence electrons. The van der Waals surface area contributed by atoms with Crippen molar-refractivity contribution in [3.63, 3.8) is 0 Å². The summed E-state index contributed by atoms with van der Waals surface area (Å²) in [6.45, 7) is 2.10. The molecule has 1 rings (SSSR count). The SMILES string of the molecule is CN1CCN(C(F)C(F)F)CC1. The van der Waals surface area contributed by atoms with Crippen molar-refractivity contribution in [2.45, 2.75) is 12.7 Å². The molecule has 1 fully saturated rings. The van der Waals surface area contributed by atoms with Crippen LogP contribution in [0.3, 0.4) is 0 Å². The van der Waals surface area contributed by atoms with Crippen LogP contribution in [-0.2, 0) is 0 Å². The minimum Gasteiger partial charge on any atom is -0.304 e. The first kappa shape index (κ1) is 9.80. The normalized spacial score (nSPS) is 24.8. The van der Waals surface area contributed by atoms with Crippen LogP contribution in [0.15, 0.2) is 0 Å². The van der Waals surface area contributed by atoms with Crippen LogP contribution in [-0.4, -0.2) is 55.7 Å². The number of hydrogen-bond acceptors (Lipinski definition) is 2. The van der Waals surface area contributed by atoms with Gasteiger partial charge >= 0.3 is 0 Å². The van der Waals surface area contributed by atoms with Gasteiger partial charge in [0.25, 0.3) is 6.43 Å². The zero-order valence-electron chi connectivity index (χ0n) is 7.01. The van der Waals surface area contributed by atoms with E-state index in [1.807, 2.05) is 11.9 Å². The summed E-state index contributed by atoms with van der Waals surface area (Å²) in [5, 5.41) is 0. The summed E-state index contributed by atoms with van der Waals surface area (Å²) in [6, 6.07) is 0. The Balaban J connectivity index is 2.34. The van der Waals surface area contributed by atoms with Gasteiger partial charge in [-0.05, 0) is 7.05 Å². The summed E-state index contributed by atoms with van der Waals surface area (Å²) in [5.41, 5.74) is 0. The Morgan fingerprint density at radius 2 is 1.50 bits per heavy atom. The fraction of sp³-hybridized carbons (Fsp3) is 1.00. The molecule has 0 amide bonds. The Labute approximate surface area is 69.9 Å². The summed E-state index contributed by atoms with van der Waals surface area (Å²) in [6.07, 6.45) is -4.97. The highest BCUT2D eigenvalue weighted by molar-refractivity contribution is 4.72. The van der Waals surface area contributed by atoms with E-state index in [4.69, 9.17) is 0 Å². The van der Waals surface area contributed by atoms with Gasteiger partial charge in [0.15, 0.2) is 0 Å². The largest absolute Gasteiger partial charge is 0.304 e. The van der Waals surface area contributed by atoms with E-state index >= 15 is 0 Å². The highest BCUT2D eigenvalue weighted by atomic mass is 19.3. The Kier molecular flexibility index (Phi) is 3.34. The second-order valence-corrected chi connectivity index (χ2v) is 3.05. The van der Waals surface area contributed by atoms with E-state index in [9.17, 15) is 13.2 Å². The first-order chi connectivity index (χ1) is 5.61. The van der Waals surface area contributed by atoms with Crippen LogP contribution in [0, 0.1) is 0 Å². The predicted octanol–water partition coefficient (Wildman–Crippen LogP) is 0.794. The van der Waals surface area contributed by atoms with Gasteiger partial charge in [0, 0.05) is 26.2 Å². The number of likely N-dealkylation sites (N-methyl/N-ethyl adjacent to an activating group) is 1. The molecule has 5 heteroatoms. The molecule has 0 aromatic rings. The van der Waals surface area contributed by atoms with Crippen molar-refractivity contribution < 1.29 is 13.2 Å². The highest BCUT2D eigenvalue weighted by Gasteiger charge is 2.28. The molecule has 1 atom stereocenters. The molecule has 1 unspecified atom stereocenters. The summed E-state index contributed by atoms with van der Waals surface area (Å²) in [5.74, 6) is 0. The molecule has 0 bridgehead atoms. The molecule has 12 heavy (non-hydrogen) atoms. The Hall–Kier alpha value is -0.290. The second kappa shape index (κ2) is 4.09. The second-order valence-electron chi connectivity index (χ2n) is 3.05. The van der Waals surface area contributed by atoms with Crippen LogP contribution in [0.4, 0.5) is 13.2 Å². The maximum Gasteiger partial charge on any atom is 0.282 e. The van der Waals surface area contributed by atoms with Gasteiger partial charge < -0.3 is 4.90 Å². The quantitative estimate of drug-likeness (QED) is 0.583. The third-order valence-electron chi connectivity index (χ3n) is 2.09. The van der Waals surface area contributed by atoms with E-state index in [0.29, 0.717) is 26.2 Å². The Morgan fingerprint density at radius 1 is 1.00 bits per heavy atom. The van der Waals surface area contributed by atoms with E-state index < -0.39 is 12.7 Å². The first-order valence-electron chi connectivity index (χ1n) is 3.96. The van der Waals surface area contributed by atoms with Crippen LogP contribution in [0.25, 0.3) is 0 Å². The van der Waals surface area contributed by atoms with E-state index in [-0.39, 0.29) is 0 Å². The number of piperazine rings is 1. The minimum atomic E-state index is -2.88. The van der Waals surface area contributed by atoms with Gasteiger partial charge in [0.05, 0.1) is 0 Å². The van der Waals surface area contributed by atoms with Gasteiger partial charge in [-0.15, -0.1) is 0 Å². The molecule has 1 aliphatic rings. The number of alkyl halides is 3. The summed E-state index contributed by atoms with van der Waals surface area (Å²) < 4.78 is 36.5. The van der Waals surface area contributed by atoms with Crippen molar-refractivity contribution in [3.05, 3.63) is 0 Å². The molecule has 0 radical (unpaired) electrons. The number of rotatable bonds is 2. The molecular weight excluding hydrogens is 169 g/mol. The lowest BCUT2D eigenvalue weighted by Gasteiger charge is -2.33. The van der Waals surface area contributed by atoms with Gasteiger partial charge in [-0.1, -0.05) is 0 Å². The highest BCUT2D eigenvalue weighted by Crippen LogP contribution is 2.13. The molecule has 0 aromatic heterocycles. The fourth-order valence-corrected chi connectivity index (χ4v) is 1.23. The molecular formula is C7H13F3N2. The third kappa shape index (κ3) is 2.35. The fourth-order valence-electron chi connectivity index (χ4n) is 1.23. The lowest BCUT2D eigenvalue weighted by atomic mass is 10.3. The van der Waals surface area contributed by atoms with E-state index in [1.165, 1.54) is 4.90 Å². The Bertz CT molecular complexity index is 135. The van der Waals surface area contributed by atoms with Crippen LogP contribution < -0.4 is 0 Å². The van der Waals surface area contributed by atoms with Gasteiger partial charge in [0.2, 0.25) is 6.30 Å². The van der Waals surface area contributed by atoms with E-state index in [1.54, 1.807) is 0 Å². The molecule has 0 saturated carbocycles. The monoisotopic (exact) mass is 182 g/mol. The lowest BCUT2D eigenvalue weighted by molar-refractivity contribution is -0.0629. The van der Waals surface area contributed by atoms with Gasteiger partial charge in [0.1, 0.15) is 0 Å². The lowest BCUT2D eigenvalue weighted by Crippen LogP contribution is -2.49. The molecule has 0 aromatic carbocycles. The summed E-state index contributed by atoms with van der Waals surface area (Å²) in [4.78, 5) is 3.18. The van der Waals surface area contributed by atoms with Crippen molar-refractivity contribution in [3.8, 4) is 0 Å². The number of nitrogens with zero attached hydrogens (tertiary/aromatic N) is 2. The van der Waals surface area contributed by atoms with Crippen molar-refractivity contribution in [2.24, 2.45) is 0 Å². The average Bonchev–Trinajstić information content (AvgIpc) is 2.04. The maximum atomic E-state index is 12.7. The third-order valence-corrected chi connectivity index (χ3v) is 2.09. The first-order valence-corrected chi connectivity index (χ1v) is 3.96. The average molecular weight is 182 g/mol. The molecule has 2 nitrogen and oxygen atoms in total. The summed E-state index contributed by atoms with van der Waals surface area (Å²) >= 11 is 0. The molecule has 0 N–H and O–H groups in total. The van der Waals surface area contributed by atoms with Crippen LogP contribution in [0.2, 0.25) is 0 Å². The summed E-state index contributed by atoms with van der Waals surface area (Å²) in [7, 11) is 1.90. The zero-order chi connectivity index (χ0) is 9.14. The number of halogens is 3. The van der Waals surface area contributed by atoms with Crippen molar-refractivity contribution in [2.75, 3.05) is 33.2 Å². The van der Waals surface area contributed by atoms with Gasteiger partial charge in [-0.25, -0.2) is 13.2 Å². The molecule has 1 aliphatic heterocycles. The Morgan fingerprint density at radius 3 is 1.92 bits per heavy atom. The van der Waals surface area contributed by atoms with Crippen LogP contribution >= 0.6 is 0 Å². The molecule has 0 aliphatic carbocycles. The number of hydrogen-bond donors (Lipinski definition) is 0. The zero-order valence-corrected chi connectivity index (χ0v) is 7.01. The standard InChI is InChI=1S/C7H13F3N2/c1-11-2-4-12(5-3-11)7(10)6(8)9/h6-7H,2-5H2,1H3. The predicted molar refractivity (Wildman–Crippen MR) is 40.0 cm³/mol. The van der Waals surface area contributed by atoms with E-state index in [0.717, 1.165) is 0 Å². The van der Waals surface area contributed by atoms with Crippen LogP contribution in [0.1, 0.15) is 0 Å². The van der Waals surface area contributed by atoms with Crippen LogP contribution in [0.5, 0.6) is 0 Å². The van der Waals surface area contributed by atoms with Gasteiger partial charge in [-0.3, -0.25) is 4.90 Å². The molecule has 1 heterocycles.